The number of hydrogen-bond donors (Lipinski definition) is 2. The number of hydrogen-bond acceptors (Lipinski definition) is 4. The lowest BCUT2D eigenvalue weighted by atomic mass is 10.1. The second-order valence-electron chi connectivity index (χ2n) is 5.19. The molecular weight excluding hydrogens is 272 g/mol. The van der Waals surface area contributed by atoms with Gasteiger partial charge in [0.25, 0.3) is 5.91 Å². The van der Waals surface area contributed by atoms with E-state index in [1.54, 1.807) is 19.1 Å². The molecule has 0 saturated heterocycles. The molecule has 1 fully saturated rings. The topological polar surface area (TPSA) is 84.5 Å². The number of carbonyl (C=O) groups is 3. The highest BCUT2D eigenvalue weighted by atomic mass is 16.5. The van der Waals surface area contributed by atoms with Crippen LogP contribution in [0.3, 0.4) is 0 Å². The Morgan fingerprint density at radius 3 is 2.57 bits per heavy atom. The van der Waals surface area contributed by atoms with Gasteiger partial charge in [-0.25, -0.2) is 9.59 Å². The van der Waals surface area contributed by atoms with Crippen LogP contribution in [-0.4, -0.2) is 30.6 Å². The average molecular weight is 290 g/mol. The van der Waals surface area contributed by atoms with Crippen molar-refractivity contribution in [3.8, 4) is 0 Å². The highest BCUT2D eigenvalue weighted by Gasteiger charge is 2.24. The summed E-state index contributed by atoms with van der Waals surface area (Å²) in [5.74, 6) is -1.23. The molecule has 0 radical (unpaired) electrons. The molecule has 0 atom stereocenters. The first kappa shape index (κ1) is 15.0. The number of imide groups is 1. The summed E-state index contributed by atoms with van der Waals surface area (Å²) in [6, 6.07) is 4.93. The molecule has 112 valence electrons. The molecule has 0 aromatic heterocycles. The van der Waals surface area contributed by atoms with Gasteiger partial charge in [0.1, 0.15) is 0 Å². The third-order valence-electron chi connectivity index (χ3n) is 3.10. The van der Waals surface area contributed by atoms with Gasteiger partial charge in [0, 0.05) is 6.04 Å². The van der Waals surface area contributed by atoms with E-state index in [0.29, 0.717) is 5.56 Å². The highest BCUT2D eigenvalue weighted by molar-refractivity contribution is 5.97. The Labute approximate surface area is 122 Å². The minimum absolute atomic E-state index is 0.163. The van der Waals surface area contributed by atoms with Crippen LogP contribution in [0.5, 0.6) is 0 Å². The van der Waals surface area contributed by atoms with Crippen molar-refractivity contribution in [1.29, 1.82) is 0 Å². The molecule has 1 aliphatic rings. The van der Waals surface area contributed by atoms with Crippen molar-refractivity contribution in [2.75, 3.05) is 6.61 Å². The molecule has 1 aliphatic carbocycles. The van der Waals surface area contributed by atoms with Gasteiger partial charge in [-0.1, -0.05) is 17.7 Å². The first-order chi connectivity index (χ1) is 9.95. The molecule has 0 spiro atoms. The van der Waals surface area contributed by atoms with Gasteiger partial charge in [0.05, 0.1) is 5.56 Å². The van der Waals surface area contributed by atoms with Crippen LogP contribution in [0.15, 0.2) is 18.2 Å². The summed E-state index contributed by atoms with van der Waals surface area (Å²) in [5.41, 5.74) is 2.24. The van der Waals surface area contributed by atoms with Crippen molar-refractivity contribution >= 4 is 17.9 Å². The summed E-state index contributed by atoms with van der Waals surface area (Å²) < 4.78 is 4.90. The Morgan fingerprint density at radius 1 is 1.24 bits per heavy atom. The molecule has 6 heteroatoms. The maximum Gasteiger partial charge on any atom is 0.338 e. The van der Waals surface area contributed by atoms with Gasteiger partial charge < -0.3 is 10.1 Å². The van der Waals surface area contributed by atoms with E-state index in [1.807, 2.05) is 13.0 Å². The lowest BCUT2D eigenvalue weighted by Gasteiger charge is -2.08. The number of urea groups is 1. The van der Waals surface area contributed by atoms with E-state index in [1.165, 1.54) is 0 Å². The Morgan fingerprint density at radius 2 is 1.95 bits per heavy atom. The SMILES string of the molecule is Cc1ccc(C(=O)OCC(=O)NC(=O)NC2CC2)c(C)c1. The Kier molecular flexibility index (Phi) is 4.57. The molecule has 0 bridgehead atoms. The second kappa shape index (κ2) is 6.39. The first-order valence-corrected chi connectivity index (χ1v) is 6.80. The molecule has 1 aromatic rings. The van der Waals surface area contributed by atoms with Crippen molar-refractivity contribution in [3.05, 3.63) is 34.9 Å². The summed E-state index contributed by atoms with van der Waals surface area (Å²) in [6.07, 6.45) is 1.87. The number of nitrogens with one attached hydrogen (secondary N) is 2. The van der Waals surface area contributed by atoms with E-state index in [-0.39, 0.29) is 6.04 Å². The maximum absolute atomic E-state index is 11.9. The molecule has 3 amide bonds. The van der Waals surface area contributed by atoms with Crippen LogP contribution in [0.4, 0.5) is 4.79 Å². The van der Waals surface area contributed by atoms with E-state index >= 15 is 0 Å². The third kappa shape index (κ3) is 4.59. The van der Waals surface area contributed by atoms with Crippen molar-refractivity contribution < 1.29 is 19.1 Å². The lowest BCUT2D eigenvalue weighted by Crippen LogP contribution is -2.42. The third-order valence-corrected chi connectivity index (χ3v) is 3.10. The molecule has 21 heavy (non-hydrogen) atoms. The van der Waals surface area contributed by atoms with E-state index in [9.17, 15) is 14.4 Å². The predicted molar refractivity (Wildman–Crippen MR) is 75.9 cm³/mol. The Bertz CT molecular complexity index is 579. The van der Waals surface area contributed by atoms with Gasteiger partial charge >= 0.3 is 12.0 Å². The second-order valence-corrected chi connectivity index (χ2v) is 5.19. The fourth-order valence-corrected chi connectivity index (χ4v) is 1.86. The largest absolute Gasteiger partial charge is 0.452 e. The minimum Gasteiger partial charge on any atom is -0.452 e. The molecular formula is C15H18N2O4. The zero-order valence-corrected chi connectivity index (χ0v) is 12.1. The number of rotatable bonds is 4. The van der Waals surface area contributed by atoms with Crippen LogP contribution in [0.2, 0.25) is 0 Å². The number of carbonyl (C=O) groups excluding carboxylic acids is 3. The molecule has 0 aliphatic heterocycles. The average Bonchev–Trinajstić information content (AvgIpc) is 3.19. The standard InChI is InChI=1S/C15H18N2O4/c1-9-3-6-12(10(2)7-9)14(19)21-8-13(18)17-15(20)16-11-4-5-11/h3,6-7,11H,4-5,8H2,1-2H3,(H2,16,17,18,20). The van der Waals surface area contributed by atoms with Crippen LogP contribution in [-0.2, 0) is 9.53 Å². The number of ether oxygens (including phenoxy) is 1. The smallest absolute Gasteiger partial charge is 0.338 e. The number of esters is 1. The number of benzene rings is 1. The van der Waals surface area contributed by atoms with Gasteiger partial charge in [-0.2, -0.15) is 0 Å². The van der Waals surface area contributed by atoms with Crippen molar-refractivity contribution in [2.45, 2.75) is 32.7 Å². The molecule has 0 heterocycles. The van der Waals surface area contributed by atoms with E-state index in [4.69, 9.17) is 4.74 Å². The Balaban J connectivity index is 1.79. The highest BCUT2D eigenvalue weighted by Crippen LogP contribution is 2.18. The van der Waals surface area contributed by atoms with Crippen LogP contribution in [0, 0.1) is 13.8 Å². The molecule has 2 rings (SSSR count). The van der Waals surface area contributed by atoms with Crippen molar-refractivity contribution in [1.82, 2.24) is 10.6 Å². The summed E-state index contributed by atoms with van der Waals surface area (Å²) in [6.45, 7) is 3.24. The van der Waals surface area contributed by atoms with Crippen LogP contribution in [0.25, 0.3) is 0 Å². The zero-order valence-electron chi connectivity index (χ0n) is 12.1. The van der Waals surface area contributed by atoms with Gasteiger partial charge in [0.2, 0.25) is 0 Å². The fourth-order valence-electron chi connectivity index (χ4n) is 1.86. The number of amides is 3. The molecule has 1 aromatic carbocycles. The monoisotopic (exact) mass is 290 g/mol. The molecule has 2 N–H and O–H groups in total. The zero-order chi connectivity index (χ0) is 15.4. The quantitative estimate of drug-likeness (QED) is 0.822. The van der Waals surface area contributed by atoms with Gasteiger partial charge in [-0.05, 0) is 38.3 Å². The number of aryl methyl sites for hydroxylation is 2. The normalized spacial score (nSPS) is 13.4. The Hall–Kier alpha value is -2.37. The van der Waals surface area contributed by atoms with Crippen molar-refractivity contribution in [3.63, 3.8) is 0 Å². The first-order valence-electron chi connectivity index (χ1n) is 6.80. The lowest BCUT2D eigenvalue weighted by molar-refractivity contribution is -0.123. The van der Waals surface area contributed by atoms with Gasteiger partial charge in [0.15, 0.2) is 6.61 Å². The van der Waals surface area contributed by atoms with Crippen LogP contribution >= 0.6 is 0 Å². The summed E-state index contributed by atoms with van der Waals surface area (Å²) in [5, 5.41) is 4.72. The van der Waals surface area contributed by atoms with Crippen LogP contribution < -0.4 is 10.6 Å². The van der Waals surface area contributed by atoms with E-state index < -0.39 is 24.5 Å². The molecule has 1 saturated carbocycles. The predicted octanol–water partition coefficient (Wildman–Crippen LogP) is 1.45. The van der Waals surface area contributed by atoms with E-state index in [2.05, 4.69) is 10.6 Å². The minimum atomic E-state index is -0.647. The summed E-state index contributed by atoms with van der Waals surface area (Å²) >= 11 is 0. The molecule has 6 nitrogen and oxygen atoms in total. The van der Waals surface area contributed by atoms with Crippen molar-refractivity contribution in [2.24, 2.45) is 0 Å². The maximum atomic E-state index is 11.9. The van der Waals surface area contributed by atoms with Gasteiger partial charge in [-0.3, -0.25) is 10.1 Å². The summed E-state index contributed by atoms with van der Waals surface area (Å²) in [4.78, 5) is 34.7. The fraction of sp³-hybridized carbons (Fsp3) is 0.400. The van der Waals surface area contributed by atoms with Crippen LogP contribution in [0.1, 0.15) is 34.3 Å². The van der Waals surface area contributed by atoms with Gasteiger partial charge in [-0.15, -0.1) is 0 Å². The summed E-state index contributed by atoms with van der Waals surface area (Å²) in [7, 11) is 0. The molecule has 0 unspecified atom stereocenters. The van der Waals surface area contributed by atoms with E-state index in [0.717, 1.165) is 24.0 Å².